The zero-order valence-electron chi connectivity index (χ0n) is 18.0. The average Bonchev–Trinajstić information content (AvgIpc) is 2.84. The zero-order chi connectivity index (χ0) is 24.5. The quantitative estimate of drug-likeness (QED) is 0.342. The lowest BCUT2D eigenvalue weighted by atomic mass is 10.2. The Morgan fingerprint density at radius 1 is 0.853 bits per heavy atom. The van der Waals surface area contributed by atoms with Crippen molar-refractivity contribution >= 4 is 40.9 Å². The lowest BCUT2D eigenvalue weighted by Gasteiger charge is -2.10. The highest BCUT2D eigenvalue weighted by molar-refractivity contribution is 8.00. The number of hydrogen-bond acceptors (Lipinski definition) is 6. The van der Waals surface area contributed by atoms with Crippen LogP contribution in [0.25, 0.3) is 0 Å². The van der Waals surface area contributed by atoms with Crippen molar-refractivity contribution in [2.24, 2.45) is 0 Å². The van der Waals surface area contributed by atoms with Gasteiger partial charge in [-0.1, -0.05) is 18.2 Å². The molecule has 10 heteroatoms. The van der Waals surface area contributed by atoms with Gasteiger partial charge in [0.1, 0.15) is 5.75 Å². The van der Waals surface area contributed by atoms with Crippen molar-refractivity contribution in [2.75, 3.05) is 30.1 Å². The number of esters is 1. The molecule has 0 radical (unpaired) electrons. The fourth-order valence-corrected chi connectivity index (χ4v) is 3.62. The molecule has 0 bridgehead atoms. The molecule has 0 aliphatic rings. The van der Waals surface area contributed by atoms with Crippen LogP contribution in [0.2, 0.25) is 0 Å². The summed E-state index contributed by atoms with van der Waals surface area (Å²) < 4.78 is 36.4. The molecule has 0 saturated heterocycles. The summed E-state index contributed by atoms with van der Waals surface area (Å²) in [5, 5.41) is 5.06. The Hall–Kier alpha value is -3.92. The van der Waals surface area contributed by atoms with Gasteiger partial charge in [-0.25, -0.2) is 13.6 Å². The molecule has 34 heavy (non-hydrogen) atoms. The van der Waals surface area contributed by atoms with Crippen molar-refractivity contribution < 1.29 is 32.6 Å². The number of methoxy groups -OCH3 is 1. The molecule has 0 spiro atoms. The van der Waals surface area contributed by atoms with Gasteiger partial charge >= 0.3 is 5.97 Å². The minimum Gasteiger partial charge on any atom is -0.497 e. The number of ether oxygens (including phenoxy) is 2. The highest BCUT2D eigenvalue weighted by atomic mass is 32.2. The van der Waals surface area contributed by atoms with Gasteiger partial charge in [-0.05, 0) is 36.4 Å². The lowest BCUT2D eigenvalue weighted by Crippen LogP contribution is -2.21. The Balaban J connectivity index is 1.54. The van der Waals surface area contributed by atoms with E-state index in [9.17, 15) is 23.2 Å². The van der Waals surface area contributed by atoms with E-state index in [1.54, 1.807) is 42.5 Å². The molecule has 0 aromatic heterocycles. The van der Waals surface area contributed by atoms with Gasteiger partial charge in [-0.3, -0.25) is 9.59 Å². The first-order valence-electron chi connectivity index (χ1n) is 9.93. The van der Waals surface area contributed by atoms with E-state index in [1.165, 1.54) is 19.2 Å². The highest BCUT2D eigenvalue weighted by Gasteiger charge is 2.16. The molecule has 0 fully saturated rings. The zero-order valence-corrected chi connectivity index (χ0v) is 18.8. The van der Waals surface area contributed by atoms with Crippen LogP contribution in [0.5, 0.6) is 5.75 Å². The molecule has 3 aromatic carbocycles. The third-order valence-corrected chi connectivity index (χ3v) is 5.43. The van der Waals surface area contributed by atoms with Gasteiger partial charge in [0.05, 0.1) is 18.4 Å². The number of anilines is 2. The number of benzene rings is 3. The van der Waals surface area contributed by atoms with Crippen LogP contribution in [0, 0.1) is 11.6 Å². The number of halogens is 2. The molecule has 0 heterocycles. The number of rotatable bonds is 9. The number of hydrogen-bond donors (Lipinski definition) is 2. The maximum Gasteiger partial charge on any atom is 0.339 e. The predicted molar refractivity (Wildman–Crippen MR) is 124 cm³/mol. The molecule has 0 aliphatic carbocycles. The maximum atomic E-state index is 13.2. The monoisotopic (exact) mass is 486 g/mol. The van der Waals surface area contributed by atoms with Gasteiger partial charge in [0.25, 0.3) is 5.91 Å². The number of carbonyl (C=O) groups excluding carboxylic acids is 3. The summed E-state index contributed by atoms with van der Waals surface area (Å²) in [6.07, 6.45) is 0. The molecule has 2 amide bonds. The van der Waals surface area contributed by atoms with Crippen molar-refractivity contribution in [3.05, 3.63) is 83.9 Å². The van der Waals surface area contributed by atoms with E-state index in [2.05, 4.69) is 10.6 Å². The summed E-state index contributed by atoms with van der Waals surface area (Å²) in [5.41, 5.74) is 0.782. The largest absolute Gasteiger partial charge is 0.497 e. The Kier molecular flexibility index (Phi) is 8.58. The molecular formula is C24H20F2N2O5S. The summed E-state index contributed by atoms with van der Waals surface area (Å²) in [5.74, 6) is -3.30. The minimum absolute atomic E-state index is 0.0259. The fraction of sp³-hybridized carbons (Fsp3) is 0.125. The third kappa shape index (κ3) is 7.04. The van der Waals surface area contributed by atoms with Gasteiger partial charge in [0.15, 0.2) is 18.2 Å². The van der Waals surface area contributed by atoms with E-state index in [1.807, 2.05) is 0 Å². The van der Waals surface area contributed by atoms with E-state index < -0.39 is 30.1 Å². The average molecular weight is 486 g/mol. The molecule has 7 nitrogen and oxygen atoms in total. The topological polar surface area (TPSA) is 93.7 Å². The Bertz CT molecular complexity index is 1210. The molecule has 3 aromatic rings. The maximum absolute atomic E-state index is 13.2. The Morgan fingerprint density at radius 3 is 2.35 bits per heavy atom. The van der Waals surface area contributed by atoms with E-state index in [-0.39, 0.29) is 22.9 Å². The molecule has 0 aliphatic heterocycles. The summed E-state index contributed by atoms with van der Waals surface area (Å²) in [7, 11) is 1.53. The van der Waals surface area contributed by atoms with E-state index in [0.29, 0.717) is 16.3 Å². The van der Waals surface area contributed by atoms with Gasteiger partial charge in [0.2, 0.25) is 5.91 Å². The second-order valence-corrected chi connectivity index (χ2v) is 7.84. The van der Waals surface area contributed by atoms with Gasteiger partial charge in [-0.2, -0.15) is 0 Å². The van der Waals surface area contributed by atoms with Crippen molar-refractivity contribution in [3.8, 4) is 5.75 Å². The van der Waals surface area contributed by atoms with Crippen molar-refractivity contribution in [1.29, 1.82) is 0 Å². The Morgan fingerprint density at radius 2 is 1.59 bits per heavy atom. The second kappa shape index (κ2) is 11.8. The first kappa shape index (κ1) is 24.7. The Labute approximate surface area is 198 Å². The van der Waals surface area contributed by atoms with Gasteiger partial charge in [-0.15, -0.1) is 11.8 Å². The van der Waals surface area contributed by atoms with E-state index in [4.69, 9.17) is 9.47 Å². The highest BCUT2D eigenvalue weighted by Crippen LogP contribution is 2.24. The molecular weight excluding hydrogens is 466 g/mol. The summed E-state index contributed by atoms with van der Waals surface area (Å²) in [4.78, 5) is 37.3. The van der Waals surface area contributed by atoms with Crippen LogP contribution in [0.3, 0.4) is 0 Å². The standard InChI is InChI=1S/C24H20F2N2O5S/c1-32-17-6-4-5-15(11-17)28-23(30)14-34-21-8-3-2-7-18(21)24(31)33-13-22(29)27-16-9-10-19(25)20(26)12-16/h2-12H,13-14H2,1H3,(H,27,29)(H,28,30). The number of carbonyl (C=O) groups is 3. The van der Waals surface area contributed by atoms with E-state index >= 15 is 0 Å². The summed E-state index contributed by atoms with van der Waals surface area (Å²) in [6, 6.07) is 16.3. The third-order valence-electron chi connectivity index (χ3n) is 4.36. The fourth-order valence-electron chi connectivity index (χ4n) is 2.78. The normalized spacial score (nSPS) is 10.3. The van der Waals surface area contributed by atoms with E-state index in [0.717, 1.165) is 23.9 Å². The van der Waals surface area contributed by atoms with Gasteiger partial charge < -0.3 is 20.1 Å². The van der Waals surface area contributed by atoms with Crippen LogP contribution in [0.15, 0.2) is 71.6 Å². The smallest absolute Gasteiger partial charge is 0.339 e. The summed E-state index contributed by atoms with van der Waals surface area (Å²) >= 11 is 1.13. The lowest BCUT2D eigenvalue weighted by molar-refractivity contribution is -0.119. The van der Waals surface area contributed by atoms with Crippen LogP contribution < -0.4 is 15.4 Å². The van der Waals surface area contributed by atoms with Crippen molar-refractivity contribution in [3.63, 3.8) is 0 Å². The summed E-state index contributed by atoms with van der Waals surface area (Å²) in [6.45, 7) is -0.632. The van der Waals surface area contributed by atoms with Crippen LogP contribution in [0.4, 0.5) is 20.2 Å². The first-order chi connectivity index (χ1) is 16.4. The number of nitrogens with one attached hydrogen (secondary N) is 2. The molecule has 0 saturated carbocycles. The molecule has 0 unspecified atom stereocenters. The SMILES string of the molecule is COc1cccc(NC(=O)CSc2ccccc2C(=O)OCC(=O)Nc2ccc(F)c(F)c2)c1. The number of amides is 2. The minimum atomic E-state index is -1.11. The van der Waals surface area contributed by atoms with Crippen LogP contribution >= 0.6 is 11.8 Å². The van der Waals surface area contributed by atoms with Crippen molar-refractivity contribution in [2.45, 2.75) is 4.90 Å². The molecule has 2 N–H and O–H groups in total. The molecule has 176 valence electrons. The van der Waals surface area contributed by atoms with Crippen LogP contribution in [-0.2, 0) is 14.3 Å². The van der Waals surface area contributed by atoms with Crippen LogP contribution in [0.1, 0.15) is 10.4 Å². The second-order valence-electron chi connectivity index (χ2n) is 6.82. The molecule has 0 atom stereocenters. The number of thioether (sulfide) groups is 1. The first-order valence-corrected chi connectivity index (χ1v) is 10.9. The molecule has 3 rings (SSSR count). The van der Waals surface area contributed by atoms with Crippen LogP contribution in [-0.4, -0.2) is 37.3 Å². The predicted octanol–water partition coefficient (Wildman–Crippen LogP) is 4.50. The van der Waals surface area contributed by atoms with Gasteiger partial charge in [0, 0.05) is 28.4 Å². The van der Waals surface area contributed by atoms with Crippen molar-refractivity contribution in [1.82, 2.24) is 0 Å².